The minimum Gasteiger partial charge on any atom is -0.503 e. The summed E-state index contributed by atoms with van der Waals surface area (Å²) >= 11 is 1.25. The van der Waals surface area contributed by atoms with Crippen LogP contribution in [-0.2, 0) is 4.79 Å². The molecule has 5 aromatic rings. The molecule has 6 rings (SSSR count). The van der Waals surface area contributed by atoms with Gasteiger partial charge in [0.1, 0.15) is 5.75 Å². The first-order valence-electron chi connectivity index (χ1n) is 15.1. The number of unbranched alkanes of at least 4 members (excludes halogenated alkanes) is 2. The van der Waals surface area contributed by atoms with Crippen LogP contribution in [0.5, 0.6) is 23.0 Å². The van der Waals surface area contributed by atoms with Gasteiger partial charge in [-0.3, -0.25) is 14.5 Å². The molecule has 1 unspecified atom stereocenters. The standard InChI is InChI=1S/C35H34N2O8S/c1-5-7-8-16-44-24-15-12-20(17-26(24)42-4)30-29(31(38)27-18-21-10-9-11-25(41-3)33(21)45-27)32(39)34(40)37(30)35-36-23-14-13-22(43-6-2)19-28(23)46-35/h9-15,17-19,30,39H,5-8,16H2,1-4H3. The zero-order valence-corrected chi connectivity index (χ0v) is 26.8. The van der Waals surface area contributed by atoms with Crippen LogP contribution in [-0.4, -0.2) is 49.2 Å². The molecular weight excluding hydrogens is 608 g/mol. The highest BCUT2D eigenvalue weighted by atomic mass is 32.1. The number of methoxy groups -OCH3 is 2. The lowest BCUT2D eigenvalue weighted by atomic mass is 9.95. The van der Waals surface area contributed by atoms with Crippen molar-refractivity contribution in [1.82, 2.24) is 4.98 Å². The van der Waals surface area contributed by atoms with Crippen LogP contribution >= 0.6 is 11.3 Å². The van der Waals surface area contributed by atoms with E-state index in [1.807, 2.05) is 25.1 Å². The van der Waals surface area contributed by atoms with Gasteiger partial charge < -0.3 is 28.5 Å². The Balaban J connectivity index is 1.46. The molecule has 0 bridgehead atoms. The normalized spacial score (nSPS) is 14.8. The number of anilines is 1. The van der Waals surface area contributed by atoms with E-state index in [1.165, 1.54) is 30.5 Å². The molecule has 3 heterocycles. The lowest BCUT2D eigenvalue weighted by Crippen LogP contribution is -2.31. The van der Waals surface area contributed by atoms with E-state index in [4.69, 9.17) is 28.3 Å². The fourth-order valence-electron chi connectivity index (χ4n) is 5.55. The van der Waals surface area contributed by atoms with Gasteiger partial charge in [-0.05, 0) is 61.4 Å². The number of Topliss-reactive ketones (excluding diaryl/α,β-unsaturated/α-hetero) is 1. The summed E-state index contributed by atoms with van der Waals surface area (Å²) in [6.45, 7) is 5.04. The van der Waals surface area contributed by atoms with Crippen LogP contribution in [0, 0.1) is 0 Å². The largest absolute Gasteiger partial charge is 0.503 e. The Labute approximate surface area is 269 Å². The van der Waals surface area contributed by atoms with Crippen molar-refractivity contribution < 1.29 is 38.1 Å². The van der Waals surface area contributed by atoms with Crippen molar-refractivity contribution in [2.75, 3.05) is 32.3 Å². The number of hydrogen-bond acceptors (Lipinski definition) is 10. The summed E-state index contributed by atoms with van der Waals surface area (Å²) in [5.41, 5.74) is 1.40. The second kappa shape index (κ2) is 13.1. The smallest absolute Gasteiger partial charge is 0.296 e. The molecule has 11 heteroatoms. The first-order valence-corrected chi connectivity index (χ1v) is 15.9. The molecule has 1 aliphatic heterocycles. The first kappa shape index (κ1) is 31.0. The summed E-state index contributed by atoms with van der Waals surface area (Å²) in [5, 5.41) is 12.3. The maximum atomic E-state index is 14.2. The topological polar surface area (TPSA) is 121 Å². The molecule has 46 heavy (non-hydrogen) atoms. The van der Waals surface area contributed by atoms with Crippen molar-refractivity contribution in [3.05, 3.63) is 83.3 Å². The van der Waals surface area contributed by atoms with Crippen LogP contribution in [0.1, 0.15) is 55.3 Å². The van der Waals surface area contributed by atoms with E-state index < -0.39 is 23.5 Å². The zero-order chi connectivity index (χ0) is 32.4. The number of thiazole rings is 1. The Kier molecular flexibility index (Phi) is 8.85. The van der Waals surface area contributed by atoms with Crippen molar-refractivity contribution in [2.24, 2.45) is 0 Å². The summed E-state index contributed by atoms with van der Waals surface area (Å²) in [5.74, 6) is -0.0442. The number of rotatable bonds is 13. The molecule has 1 N–H and O–H groups in total. The van der Waals surface area contributed by atoms with Gasteiger partial charge in [0.2, 0.25) is 5.78 Å². The number of benzene rings is 3. The Morgan fingerprint density at radius 1 is 0.978 bits per heavy atom. The average Bonchev–Trinajstić information content (AvgIpc) is 3.76. The maximum Gasteiger partial charge on any atom is 0.296 e. The molecule has 1 aliphatic rings. The number of furan rings is 1. The summed E-state index contributed by atoms with van der Waals surface area (Å²) in [4.78, 5) is 34.2. The molecule has 0 radical (unpaired) electrons. The fourth-order valence-corrected chi connectivity index (χ4v) is 6.57. The van der Waals surface area contributed by atoms with Gasteiger partial charge in [0.05, 0.1) is 49.3 Å². The second-order valence-corrected chi connectivity index (χ2v) is 11.7. The zero-order valence-electron chi connectivity index (χ0n) is 26.0. The average molecular weight is 643 g/mol. The number of fused-ring (bicyclic) bond motifs is 2. The highest BCUT2D eigenvalue weighted by Gasteiger charge is 2.47. The molecule has 0 saturated carbocycles. The Morgan fingerprint density at radius 3 is 2.57 bits per heavy atom. The molecular formula is C35H34N2O8S. The number of ketones is 1. The lowest BCUT2D eigenvalue weighted by molar-refractivity contribution is -0.117. The fraction of sp³-hybridized carbons (Fsp3) is 0.286. The highest BCUT2D eigenvalue weighted by Crippen LogP contribution is 2.46. The summed E-state index contributed by atoms with van der Waals surface area (Å²) in [6.07, 6.45) is 3.00. The molecule has 0 spiro atoms. The molecule has 0 saturated heterocycles. The van der Waals surface area contributed by atoms with Crippen molar-refractivity contribution in [3.63, 3.8) is 0 Å². The predicted molar refractivity (Wildman–Crippen MR) is 176 cm³/mol. The van der Waals surface area contributed by atoms with E-state index in [2.05, 4.69) is 6.92 Å². The van der Waals surface area contributed by atoms with E-state index >= 15 is 0 Å². The summed E-state index contributed by atoms with van der Waals surface area (Å²) in [6, 6.07) is 16.5. The molecule has 1 atom stereocenters. The van der Waals surface area contributed by atoms with E-state index in [0.717, 1.165) is 24.0 Å². The van der Waals surface area contributed by atoms with Gasteiger partial charge in [-0.15, -0.1) is 0 Å². The number of amides is 1. The lowest BCUT2D eigenvalue weighted by Gasteiger charge is -2.25. The summed E-state index contributed by atoms with van der Waals surface area (Å²) in [7, 11) is 3.04. The number of aromatic nitrogens is 1. The van der Waals surface area contributed by atoms with Crippen LogP contribution < -0.4 is 23.8 Å². The van der Waals surface area contributed by atoms with Gasteiger partial charge in [-0.25, -0.2) is 4.98 Å². The Bertz CT molecular complexity index is 1960. The third kappa shape index (κ3) is 5.62. The second-order valence-electron chi connectivity index (χ2n) is 10.7. The molecule has 2 aromatic heterocycles. The molecule has 0 aliphatic carbocycles. The molecule has 3 aromatic carbocycles. The van der Waals surface area contributed by atoms with Gasteiger partial charge in [0.15, 0.2) is 39.5 Å². The summed E-state index contributed by atoms with van der Waals surface area (Å²) < 4.78 is 29.5. The number of para-hydroxylation sites is 1. The number of hydrogen-bond donors (Lipinski definition) is 1. The third-order valence-corrected chi connectivity index (χ3v) is 8.80. The van der Waals surface area contributed by atoms with Gasteiger partial charge in [0.25, 0.3) is 5.91 Å². The Morgan fingerprint density at radius 2 is 1.80 bits per heavy atom. The number of ether oxygens (including phenoxy) is 4. The molecule has 238 valence electrons. The van der Waals surface area contributed by atoms with Gasteiger partial charge in [-0.2, -0.15) is 0 Å². The minimum absolute atomic E-state index is 0.0470. The minimum atomic E-state index is -1.05. The number of aliphatic hydroxyl groups excluding tert-OH is 1. The van der Waals surface area contributed by atoms with Crippen LogP contribution in [0.15, 0.2) is 76.4 Å². The predicted octanol–water partition coefficient (Wildman–Crippen LogP) is 7.81. The van der Waals surface area contributed by atoms with Crippen molar-refractivity contribution in [1.29, 1.82) is 0 Å². The van der Waals surface area contributed by atoms with Crippen LogP contribution in [0.4, 0.5) is 5.13 Å². The first-order chi connectivity index (χ1) is 22.4. The van der Waals surface area contributed by atoms with E-state index in [0.29, 0.717) is 63.4 Å². The number of nitrogens with zero attached hydrogens (tertiary/aromatic N) is 2. The number of carbonyl (C=O) groups excluding carboxylic acids is 2. The van der Waals surface area contributed by atoms with Crippen molar-refractivity contribution in [2.45, 2.75) is 39.2 Å². The number of carbonyl (C=O) groups is 2. The van der Waals surface area contributed by atoms with E-state index in [-0.39, 0.29) is 11.3 Å². The van der Waals surface area contributed by atoms with Gasteiger partial charge >= 0.3 is 0 Å². The van der Waals surface area contributed by atoms with Crippen LogP contribution in [0.25, 0.3) is 21.2 Å². The van der Waals surface area contributed by atoms with Crippen LogP contribution in [0.2, 0.25) is 0 Å². The van der Waals surface area contributed by atoms with E-state index in [1.54, 1.807) is 42.5 Å². The molecule has 1 amide bonds. The van der Waals surface area contributed by atoms with E-state index in [9.17, 15) is 14.7 Å². The highest BCUT2D eigenvalue weighted by molar-refractivity contribution is 7.22. The number of aliphatic hydroxyl groups is 1. The Hall–Kier alpha value is -5.03. The molecule has 0 fully saturated rings. The third-order valence-electron chi connectivity index (χ3n) is 7.78. The maximum absolute atomic E-state index is 14.2. The molecule has 10 nitrogen and oxygen atoms in total. The van der Waals surface area contributed by atoms with Crippen molar-refractivity contribution >= 4 is 49.3 Å². The van der Waals surface area contributed by atoms with Crippen LogP contribution in [0.3, 0.4) is 0 Å². The van der Waals surface area contributed by atoms with Crippen molar-refractivity contribution in [3.8, 4) is 23.0 Å². The SMILES string of the molecule is CCCCCOc1ccc(C2C(C(=O)c3cc4cccc(OC)c4o3)=C(O)C(=O)N2c2nc3ccc(OCC)cc3s2)cc1OC. The van der Waals surface area contributed by atoms with Gasteiger partial charge in [0, 0.05) is 5.39 Å². The van der Waals surface area contributed by atoms with Gasteiger partial charge in [-0.1, -0.05) is 49.3 Å². The quantitative estimate of drug-likeness (QED) is 0.101. The monoisotopic (exact) mass is 642 g/mol.